The average molecular weight is 269 g/mol. The Hall–Kier alpha value is -0.830. The van der Waals surface area contributed by atoms with Gasteiger partial charge in [-0.3, -0.25) is 4.79 Å². The second-order valence-electron chi connectivity index (χ2n) is 4.07. The van der Waals surface area contributed by atoms with Crippen molar-refractivity contribution in [2.24, 2.45) is 0 Å². The first kappa shape index (κ1) is 10.7. The Kier molecular flexibility index (Phi) is 2.83. The van der Waals surface area contributed by atoms with E-state index in [0.29, 0.717) is 0 Å². The first-order valence-electron chi connectivity index (χ1n) is 5.11. The minimum Gasteiger partial charge on any atom is -0.481 e. The average Bonchev–Trinajstić information content (AvgIpc) is 2.16. The van der Waals surface area contributed by atoms with Crippen molar-refractivity contribution in [2.75, 3.05) is 0 Å². The van der Waals surface area contributed by atoms with Gasteiger partial charge in [-0.15, -0.1) is 0 Å². The van der Waals surface area contributed by atoms with Crippen molar-refractivity contribution in [3.05, 3.63) is 33.3 Å². The monoisotopic (exact) mass is 268 g/mol. The molecule has 1 aliphatic rings. The van der Waals surface area contributed by atoms with Gasteiger partial charge in [0.05, 0.1) is 5.92 Å². The van der Waals surface area contributed by atoms with Crippen molar-refractivity contribution < 1.29 is 9.90 Å². The lowest BCUT2D eigenvalue weighted by atomic mass is 9.81. The second kappa shape index (κ2) is 3.97. The van der Waals surface area contributed by atoms with Gasteiger partial charge in [0.25, 0.3) is 0 Å². The van der Waals surface area contributed by atoms with Gasteiger partial charge < -0.3 is 5.11 Å². The topological polar surface area (TPSA) is 37.3 Å². The fourth-order valence-electron chi connectivity index (χ4n) is 2.35. The van der Waals surface area contributed by atoms with E-state index in [1.165, 1.54) is 11.1 Å². The number of rotatable bonds is 1. The van der Waals surface area contributed by atoms with E-state index in [1.54, 1.807) is 0 Å². The van der Waals surface area contributed by atoms with Crippen molar-refractivity contribution in [1.82, 2.24) is 0 Å². The number of carbonyl (C=O) groups is 1. The molecule has 0 saturated heterocycles. The van der Waals surface area contributed by atoms with Crippen LogP contribution >= 0.6 is 15.9 Å². The van der Waals surface area contributed by atoms with Crippen molar-refractivity contribution >= 4 is 21.9 Å². The van der Waals surface area contributed by atoms with E-state index < -0.39 is 5.97 Å². The van der Waals surface area contributed by atoms with E-state index >= 15 is 0 Å². The fourth-order valence-corrected chi connectivity index (χ4v) is 2.94. The highest BCUT2D eigenvalue weighted by Gasteiger charge is 2.27. The van der Waals surface area contributed by atoms with Gasteiger partial charge >= 0.3 is 5.97 Å². The van der Waals surface area contributed by atoms with Crippen LogP contribution in [0.2, 0.25) is 0 Å². The summed E-state index contributed by atoms with van der Waals surface area (Å²) in [6.45, 7) is 2.05. The molecule has 3 heteroatoms. The number of aryl methyl sites for hydroxylation is 1. The summed E-state index contributed by atoms with van der Waals surface area (Å²) in [4.78, 5) is 11.1. The van der Waals surface area contributed by atoms with Crippen LogP contribution < -0.4 is 0 Å². The third kappa shape index (κ3) is 1.93. The van der Waals surface area contributed by atoms with Crippen molar-refractivity contribution in [1.29, 1.82) is 0 Å². The van der Waals surface area contributed by atoms with Crippen LogP contribution in [0.25, 0.3) is 0 Å². The lowest BCUT2D eigenvalue weighted by Gasteiger charge is -2.24. The van der Waals surface area contributed by atoms with Crippen LogP contribution in [0.15, 0.2) is 16.6 Å². The smallest absolute Gasteiger partial charge is 0.310 e. The Balaban J connectivity index is 2.55. The molecular formula is C12H13BrO2. The van der Waals surface area contributed by atoms with Gasteiger partial charge in [-0.1, -0.05) is 15.9 Å². The molecular weight excluding hydrogens is 256 g/mol. The standard InChI is InChI=1S/C12H13BrO2/c1-7-5-8(13)6-11-9(7)3-2-4-10(11)12(14)15/h5-6,10H,2-4H2,1H3,(H,14,15). The molecule has 80 valence electrons. The summed E-state index contributed by atoms with van der Waals surface area (Å²) in [5.41, 5.74) is 3.43. The van der Waals surface area contributed by atoms with Crippen LogP contribution in [-0.4, -0.2) is 11.1 Å². The third-order valence-electron chi connectivity index (χ3n) is 3.07. The Morgan fingerprint density at radius 2 is 2.27 bits per heavy atom. The number of benzene rings is 1. The van der Waals surface area contributed by atoms with Gasteiger partial charge in [-0.05, 0) is 55.0 Å². The van der Waals surface area contributed by atoms with Crippen LogP contribution in [0, 0.1) is 6.92 Å². The molecule has 0 saturated carbocycles. The minimum absolute atomic E-state index is 0.315. The summed E-state index contributed by atoms with van der Waals surface area (Å²) in [6.07, 6.45) is 2.75. The number of carboxylic acid groups (broad SMARTS) is 1. The van der Waals surface area contributed by atoms with E-state index in [4.69, 9.17) is 5.11 Å². The molecule has 1 aromatic carbocycles. The largest absolute Gasteiger partial charge is 0.481 e. The molecule has 1 aromatic rings. The molecule has 0 aliphatic heterocycles. The molecule has 0 bridgehead atoms. The van der Waals surface area contributed by atoms with Crippen molar-refractivity contribution in [3.8, 4) is 0 Å². The second-order valence-corrected chi connectivity index (χ2v) is 4.99. The molecule has 1 atom stereocenters. The highest BCUT2D eigenvalue weighted by Crippen LogP contribution is 2.35. The predicted molar refractivity (Wildman–Crippen MR) is 62.2 cm³/mol. The molecule has 1 N–H and O–H groups in total. The Bertz CT molecular complexity index is 412. The zero-order valence-corrected chi connectivity index (χ0v) is 10.2. The zero-order valence-electron chi connectivity index (χ0n) is 8.59. The van der Waals surface area contributed by atoms with Gasteiger partial charge in [-0.25, -0.2) is 0 Å². The first-order valence-corrected chi connectivity index (χ1v) is 5.90. The predicted octanol–water partition coefficient (Wildman–Crippen LogP) is 3.26. The molecule has 0 radical (unpaired) electrons. The van der Waals surface area contributed by atoms with Crippen LogP contribution in [0.1, 0.15) is 35.4 Å². The highest BCUT2D eigenvalue weighted by molar-refractivity contribution is 9.10. The Morgan fingerprint density at radius 1 is 1.53 bits per heavy atom. The summed E-state index contributed by atoms with van der Waals surface area (Å²) in [5, 5.41) is 9.15. The summed E-state index contributed by atoms with van der Waals surface area (Å²) >= 11 is 3.42. The SMILES string of the molecule is Cc1cc(Br)cc2c1CCCC2C(=O)O. The normalized spacial score (nSPS) is 19.7. The summed E-state index contributed by atoms with van der Waals surface area (Å²) in [5.74, 6) is -1.02. The van der Waals surface area contributed by atoms with E-state index in [-0.39, 0.29) is 5.92 Å². The van der Waals surface area contributed by atoms with Gasteiger partial charge in [-0.2, -0.15) is 0 Å². The van der Waals surface area contributed by atoms with E-state index in [0.717, 1.165) is 29.3 Å². The molecule has 15 heavy (non-hydrogen) atoms. The molecule has 0 aromatic heterocycles. The molecule has 0 spiro atoms. The van der Waals surface area contributed by atoms with Crippen LogP contribution in [0.3, 0.4) is 0 Å². The molecule has 0 fully saturated rings. The number of fused-ring (bicyclic) bond motifs is 1. The maximum atomic E-state index is 11.1. The quantitative estimate of drug-likeness (QED) is 0.849. The Morgan fingerprint density at radius 3 is 2.93 bits per heavy atom. The molecule has 2 nitrogen and oxygen atoms in total. The van der Waals surface area contributed by atoms with Crippen molar-refractivity contribution in [3.63, 3.8) is 0 Å². The number of carboxylic acids is 1. The summed E-state index contributed by atoms with van der Waals surface area (Å²) in [6, 6.07) is 4.02. The fraction of sp³-hybridized carbons (Fsp3) is 0.417. The highest BCUT2D eigenvalue weighted by atomic mass is 79.9. The number of halogens is 1. The molecule has 1 aliphatic carbocycles. The summed E-state index contributed by atoms with van der Waals surface area (Å²) < 4.78 is 0.979. The molecule has 1 unspecified atom stereocenters. The molecule has 2 rings (SSSR count). The van der Waals surface area contributed by atoms with Gasteiger partial charge in [0.1, 0.15) is 0 Å². The lowest BCUT2D eigenvalue weighted by molar-refractivity contribution is -0.139. The van der Waals surface area contributed by atoms with Gasteiger partial charge in [0.2, 0.25) is 0 Å². The third-order valence-corrected chi connectivity index (χ3v) is 3.52. The number of aliphatic carboxylic acids is 1. The number of hydrogen-bond donors (Lipinski definition) is 1. The van der Waals surface area contributed by atoms with Crippen molar-refractivity contribution in [2.45, 2.75) is 32.1 Å². The first-order chi connectivity index (χ1) is 7.09. The van der Waals surface area contributed by atoms with E-state index in [2.05, 4.69) is 22.0 Å². The molecule has 0 heterocycles. The van der Waals surface area contributed by atoms with E-state index in [9.17, 15) is 4.79 Å². The van der Waals surface area contributed by atoms with Gasteiger partial charge in [0, 0.05) is 4.47 Å². The van der Waals surface area contributed by atoms with E-state index in [1.807, 2.05) is 13.0 Å². The minimum atomic E-state index is -0.701. The van der Waals surface area contributed by atoms with Crippen LogP contribution in [0.5, 0.6) is 0 Å². The Labute approximate surface area is 97.4 Å². The summed E-state index contributed by atoms with van der Waals surface area (Å²) in [7, 11) is 0. The maximum Gasteiger partial charge on any atom is 0.310 e. The molecule has 0 amide bonds. The zero-order chi connectivity index (χ0) is 11.0. The van der Waals surface area contributed by atoms with Crippen LogP contribution in [-0.2, 0) is 11.2 Å². The lowest BCUT2D eigenvalue weighted by Crippen LogP contribution is -2.18. The number of hydrogen-bond acceptors (Lipinski definition) is 1. The maximum absolute atomic E-state index is 11.1. The van der Waals surface area contributed by atoms with Crippen LogP contribution in [0.4, 0.5) is 0 Å². The van der Waals surface area contributed by atoms with Gasteiger partial charge in [0.15, 0.2) is 0 Å².